The summed E-state index contributed by atoms with van der Waals surface area (Å²) in [5.74, 6) is 0.259. The maximum absolute atomic E-state index is 13.6. The molecule has 0 radical (unpaired) electrons. The van der Waals surface area contributed by atoms with E-state index in [1.807, 2.05) is 31.2 Å². The maximum Gasteiger partial charge on any atom is 0.129 e. The number of hydrogen-bond acceptors (Lipinski definition) is 2. The summed E-state index contributed by atoms with van der Waals surface area (Å²) < 4.78 is 25.7. The Morgan fingerprint density at radius 2 is 1.79 bits per heavy atom. The SMILES string of the molecule is Cc1ccccc1CS(=O)Cc1ccc(N)cc1F. The van der Waals surface area contributed by atoms with E-state index in [1.165, 1.54) is 6.07 Å². The van der Waals surface area contributed by atoms with E-state index in [4.69, 9.17) is 5.73 Å². The van der Waals surface area contributed by atoms with Crippen LogP contribution in [0.25, 0.3) is 0 Å². The van der Waals surface area contributed by atoms with Gasteiger partial charge >= 0.3 is 0 Å². The van der Waals surface area contributed by atoms with Crippen LogP contribution in [0.1, 0.15) is 16.7 Å². The number of aryl methyl sites for hydroxylation is 1. The molecule has 1 atom stereocenters. The van der Waals surface area contributed by atoms with Crippen molar-refractivity contribution in [3.63, 3.8) is 0 Å². The number of benzene rings is 2. The molecule has 19 heavy (non-hydrogen) atoms. The first-order chi connectivity index (χ1) is 9.06. The zero-order valence-corrected chi connectivity index (χ0v) is 11.5. The van der Waals surface area contributed by atoms with Crippen molar-refractivity contribution in [2.45, 2.75) is 18.4 Å². The largest absolute Gasteiger partial charge is 0.399 e. The molecule has 4 heteroatoms. The lowest BCUT2D eigenvalue weighted by Crippen LogP contribution is -2.03. The summed E-state index contributed by atoms with van der Waals surface area (Å²) in [6.45, 7) is 1.98. The summed E-state index contributed by atoms with van der Waals surface area (Å²) in [6, 6.07) is 12.3. The number of rotatable bonds is 4. The summed E-state index contributed by atoms with van der Waals surface area (Å²) in [5, 5.41) is 0. The zero-order chi connectivity index (χ0) is 13.8. The number of halogens is 1. The van der Waals surface area contributed by atoms with Gasteiger partial charge < -0.3 is 5.73 Å². The Balaban J connectivity index is 2.08. The average Bonchev–Trinajstić information content (AvgIpc) is 2.36. The number of hydrogen-bond donors (Lipinski definition) is 1. The van der Waals surface area contributed by atoms with Gasteiger partial charge in [0.15, 0.2) is 0 Å². The fourth-order valence-electron chi connectivity index (χ4n) is 1.85. The van der Waals surface area contributed by atoms with E-state index in [9.17, 15) is 8.60 Å². The molecule has 0 amide bonds. The second-order valence-corrected chi connectivity index (χ2v) is 5.96. The Bertz CT molecular complexity index is 613. The molecule has 2 aromatic rings. The molecule has 2 aromatic carbocycles. The molecular formula is C15H16FNOS. The highest BCUT2D eigenvalue weighted by atomic mass is 32.2. The fraction of sp³-hybridized carbons (Fsp3) is 0.200. The van der Waals surface area contributed by atoms with Crippen molar-refractivity contribution in [3.05, 3.63) is 65.0 Å². The van der Waals surface area contributed by atoms with Gasteiger partial charge in [-0.05, 0) is 30.2 Å². The highest BCUT2D eigenvalue weighted by Gasteiger charge is 2.09. The van der Waals surface area contributed by atoms with Crippen LogP contribution in [-0.4, -0.2) is 4.21 Å². The molecular weight excluding hydrogens is 261 g/mol. The fourth-order valence-corrected chi connectivity index (χ4v) is 3.20. The molecule has 0 saturated carbocycles. The molecule has 0 bridgehead atoms. The van der Waals surface area contributed by atoms with Crippen molar-refractivity contribution in [2.24, 2.45) is 0 Å². The standard InChI is InChI=1S/C15H16FNOS/c1-11-4-2-3-5-12(11)9-19(18)10-13-6-7-14(17)8-15(13)16/h2-8H,9-10,17H2,1H3. The van der Waals surface area contributed by atoms with Gasteiger partial charge in [-0.15, -0.1) is 0 Å². The second kappa shape index (κ2) is 5.97. The van der Waals surface area contributed by atoms with E-state index >= 15 is 0 Å². The lowest BCUT2D eigenvalue weighted by Gasteiger charge is -2.07. The van der Waals surface area contributed by atoms with Crippen molar-refractivity contribution in [2.75, 3.05) is 5.73 Å². The van der Waals surface area contributed by atoms with E-state index < -0.39 is 16.6 Å². The van der Waals surface area contributed by atoms with E-state index in [2.05, 4.69) is 0 Å². The smallest absolute Gasteiger partial charge is 0.129 e. The molecule has 0 aliphatic carbocycles. The molecule has 100 valence electrons. The average molecular weight is 277 g/mol. The van der Waals surface area contributed by atoms with E-state index in [0.29, 0.717) is 17.0 Å². The Kier molecular flexibility index (Phi) is 4.32. The lowest BCUT2D eigenvalue weighted by atomic mass is 10.1. The van der Waals surface area contributed by atoms with Gasteiger partial charge in [-0.25, -0.2) is 4.39 Å². The first-order valence-electron chi connectivity index (χ1n) is 5.99. The predicted octanol–water partition coefficient (Wildman–Crippen LogP) is 3.17. The second-order valence-electron chi connectivity index (χ2n) is 4.51. The van der Waals surface area contributed by atoms with Gasteiger partial charge in [-0.2, -0.15) is 0 Å². The van der Waals surface area contributed by atoms with Gasteiger partial charge in [0.2, 0.25) is 0 Å². The van der Waals surface area contributed by atoms with Gasteiger partial charge in [0.1, 0.15) is 5.82 Å². The topological polar surface area (TPSA) is 43.1 Å². The molecule has 2 rings (SSSR count). The monoisotopic (exact) mass is 277 g/mol. The van der Waals surface area contributed by atoms with E-state index in [-0.39, 0.29) is 5.75 Å². The van der Waals surface area contributed by atoms with Crippen LogP contribution in [0.3, 0.4) is 0 Å². The summed E-state index contributed by atoms with van der Waals surface area (Å²) in [4.78, 5) is 0. The Morgan fingerprint density at radius 1 is 1.11 bits per heavy atom. The molecule has 0 aliphatic rings. The van der Waals surface area contributed by atoms with Gasteiger partial charge in [0, 0.05) is 27.8 Å². The molecule has 2 N–H and O–H groups in total. The first-order valence-corrected chi connectivity index (χ1v) is 7.48. The van der Waals surface area contributed by atoms with Gasteiger partial charge in [0.05, 0.1) is 5.75 Å². The maximum atomic E-state index is 13.6. The highest BCUT2D eigenvalue weighted by molar-refractivity contribution is 7.83. The highest BCUT2D eigenvalue weighted by Crippen LogP contribution is 2.16. The quantitative estimate of drug-likeness (QED) is 0.872. The summed E-state index contributed by atoms with van der Waals surface area (Å²) in [5.41, 5.74) is 8.46. The molecule has 2 nitrogen and oxygen atoms in total. The Morgan fingerprint density at radius 3 is 2.47 bits per heavy atom. The molecule has 1 unspecified atom stereocenters. The van der Waals surface area contributed by atoms with Gasteiger partial charge in [-0.1, -0.05) is 30.3 Å². The predicted molar refractivity (Wildman–Crippen MR) is 77.5 cm³/mol. The minimum absolute atomic E-state index is 0.209. The van der Waals surface area contributed by atoms with Crippen LogP contribution in [-0.2, 0) is 22.3 Å². The lowest BCUT2D eigenvalue weighted by molar-refractivity contribution is 0.616. The van der Waals surface area contributed by atoms with Crippen LogP contribution in [0.2, 0.25) is 0 Å². The zero-order valence-electron chi connectivity index (χ0n) is 10.7. The van der Waals surface area contributed by atoms with Crippen LogP contribution in [0.15, 0.2) is 42.5 Å². The van der Waals surface area contributed by atoms with Crippen LogP contribution >= 0.6 is 0 Å². The van der Waals surface area contributed by atoms with Gasteiger partial charge in [0.25, 0.3) is 0 Å². The summed E-state index contributed by atoms with van der Waals surface area (Å²) in [7, 11) is -1.13. The van der Waals surface area contributed by atoms with Crippen LogP contribution in [0.4, 0.5) is 10.1 Å². The van der Waals surface area contributed by atoms with Gasteiger partial charge in [-0.3, -0.25) is 4.21 Å². The van der Waals surface area contributed by atoms with Crippen molar-refractivity contribution < 1.29 is 8.60 Å². The molecule has 0 spiro atoms. The van der Waals surface area contributed by atoms with E-state index in [0.717, 1.165) is 11.1 Å². The molecule has 0 fully saturated rings. The third-order valence-electron chi connectivity index (χ3n) is 2.97. The van der Waals surface area contributed by atoms with Crippen molar-refractivity contribution in [3.8, 4) is 0 Å². The normalized spacial score (nSPS) is 12.3. The minimum atomic E-state index is -1.13. The number of anilines is 1. The van der Waals surface area contributed by atoms with Crippen molar-refractivity contribution in [1.82, 2.24) is 0 Å². The number of nitrogens with two attached hydrogens (primary N) is 1. The van der Waals surface area contributed by atoms with Crippen molar-refractivity contribution >= 4 is 16.5 Å². The van der Waals surface area contributed by atoms with E-state index in [1.54, 1.807) is 12.1 Å². The minimum Gasteiger partial charge on any atom is -0.399 e. The molecule has 0 saturated heterocycles. The Labute approximate surface area is 114 Å². The van der Waals surface area contributed by atoms with Crippen LogP contribution in [0, 0.1) is 12.7 Å². The summed E-state index contributed by atoms with van der Waals surface area (Å²) in [6.07, 6.45) is 0. The third-order valence-corrected chi connectivity index (χ3v) is 4.24. The third kappa shape index (κ3) is 3.64. The summed E-state index contributed by atoms with van der Waals surface area (Å²) >= 11 is 0. The molecule has 0 heterocycles. The number of nitrogen functional groups attached to an aromatic ring is 1. The van der Waals surface area contributed by atoms with Crippen molar-refractivity contribution in [1.29, 1.82) is 0 Å². The van der Waals surface area contributed by atoms with Crippen LogP contribution in [0.5, 0.6) is 0 Å². The Hall–Kier alpha value is -1.68. The molecule has 0 aliphatic heterocycles. The van der Waals surface area contributed by atoms with Crippen LogP contribution < -0.4 is 5.73 Å². The molecule has 0 aromatic heterocycles. The first kappa shape index (κ1) is 13.7.